The normalized spacial score (nSPS) is 26.0. The monoisotopic (exact) mass is 576 g/mol. The van der Waals surface area contributed by atoms with E-state index in [-0.39, 0.29) is 23.9 Å². The zero-order chi connectivity index (χ0) is 29.9. The first kappa shape index (κ1) is 27.6. The van der Waals surface area contributed by atoms with E-state index in [1.165, 1.54) is 0 Å². The number of ether oxygens (including phenoxy) is 5. The highest BCUT2D eigenvalue weighted by Crippen LogP contribution is 2.64. The van der Waals surface area contributed by atoms with Crippen molar-refractivity contribution in [2.45, 2.75) is 30.1 Å². The summed E-state index contributed by atoms with van der Waals surface area (Å²) in [5.41, 5.74) is 4.19. The van der Waals surface area contributed by atoms with Gasteiger partial charge in [-0.1, -0.05) is 54.6 Å². The van der Waals surface area contributed by atoms with Gasteiger partial charge in [-0.3, -0.25) is 0 Å². The minimum Gasteiger partial charge on any atom is -0.497 e. The smallest absolute Gasteiger partial charge is 0.161 e. The van der Waals surface area contributed by atoms with Gasteiger partial charge in [-0.2, -0.15) is 0 Å². The highest BCUT2D eigenvalue weighted by molar-refractivity contribution is 5.59. The lowest BCUT2D eigenvalue weighted by Gasteiger charge is -2.50. The maximum atomic E-state index is 12.2. The molecule has 2 aliphatic carbocycles. The summed E-state index contributed by atoms with van der Waals surface area (Å²) < 4.78 is 30.0. The predicted molar refractivity (Wildman–Crippen MR) is 164 cm³/mol. The molecule has 6 nitrogen and oxygen atoms in total. The third-order valence-electron chi connectivity index (χ3n) is 9.75. The lowest BCUT2D eigenvalue weighted by atomic mass is 9.62. The lowest BCUT2D eigenvalue weighted by Crippen LogP contribution is -2.46. The van der Waals surface area contributed by atoms with Crippen molar-refractivity contribution in [1.29, 1.82) is 0 Å². The Morgan fingerprint density at radius 1 is 0.674 bits per heavy atom. The van der Waals surface area contributed by atoms with Crippen molar-refractivity contribution >= 4 is 0 Å². The number of aliphatic hydroxyl groups is 1. The zero-order valence-corrected chi connectivity index (χ0v) is 25.0. The summed E-state index contributed by atoms with van der Waals surface area (Å²) in [5, 5.41) is 12.2. The molecule has 0 saturated heterocycles. The average Bonchev–Trinajstić information content (AvgIpc) is 3.30. The molecule has 0 saturated carbocycles. The van der Waals surface area contributed by atoms with Gasteiger partial charge in [0.25, 0.3) is 0 Å². The fraction of sp³-hybridized carbons (Fsp3) is 0.297. The van der Waals surface area contributed by atoms with Crippen LogP contribution in [0.3, 0.4) is 0 Å². The second-order valence-corrected chi connectivity index (χ2v) is 11.7. The van der Waals surface area contributed by atoms with Gasteiger partial charge in [-0.15, -0.1) is 0 Å². The van der Waals surface area contributed by atoms with Gasteiger partial charge < -0.3 is 28.8 Å². The molecule has 5 atom stereocenters. The minimum absolute atomic E-state index is 0.0371. The summed E-state index contributed by atoms with van der Waals surface area (Å²) in [6, 6.07) is 28.4. The van der Waals surface area contributed by atoms with E-state index in [0.29, 0.717) is 11.5 Å². The van der Waals surface area contributed by atoms with Crippen LogP contribution >= 0.6 is 0 Å². The second-order valence-electron chi connectivity index (χ2n) is 11.7. The molecule has 6 heteroatoms. The first-order chi connectivity index (χ1) is 20.9. The quantitative estimate of drug-likeness (QED) is 0.252. The first-order valence-corrected chi connectivity index (χ1v) is 14.6. The molecule has 4 aromatic rings. The van der Waals surface area contributed by atoms with Gasteiger partial charge in [-0.05, 0) is 82.8 Å². The van der Waals surface area contributed by atoms with Gasteiger partial charge in [0.15, 0.2) is 11.5 Å². The van der Waals surface area contributed by atoms with E-state index < -0.39 is 11.2 Å². The van der Waals surface area contributed by atoms with Gasteiger partial charge in [-0.25, -0.2) is 0 Å². The van der Waals surface area contributed by atoms with Crippen molar-refractivity contribution in [3.8, 4) is 23.0 Å². The third kappa shape index (κ3) is 4.00. The van der Waals surface area contributed by atoms with E-state index in [1.807, 2.05) is 37.3 Å². The molecule has 4 aromatic carbocycles. The molecule has 0 radical (unpaired) electrons. The Hall–Kier alpha value is -4.26. The van der Waals surface area contributed by atoms with Crippen molar-refractivity contribution in [3.05, 3.63) is 130 Å². The van der Waals surface area contributed by atoms with Crippen LogP contribution in [0, 0.1) is 11.8 Å². The van der Waals surface area contributed by atoms with Gasteiger partial charge in [0.05, 0.1) is 40.1 Å². The zero-order valence-electron chi connectivity index (χ0n) is 25.0. The highest BCUT2D eigenvalue weighted by Gasteiger charge is 2.59. The van der Waals surface area contributed by atoms with Crippen LogP contribution in [0.15, 0.2) is 97.1 Å². The molecule has 7 rings (SSSR count). The summed E-state index contributed by atoms with van der Waals surface area (Å²) in [5.74, 6) is 2.55. The Morgan fingerprint density at radius 3 is 1.79 bits per heavy atom. The number of methoxy groups -OCH3 is 4. The molecule has 0 fully saturated rings. The summed E-state index contributed by atoms with van der Waals surface area (Å²) in [7, 11) is 6.64. The maximum absolute atomic E-state index is 12.2. The molecular weight excluding hydrogens is 540 g/mol. The number of hydrogen-bond acceptors (Lipinski definition) is 6. The van der Waals surface area contributed by atoms with E-state index >= 15 is 0 Å². The fourth-order valence-corrected chi connectivity index (χ4v) is 7.73. The average molecular weight is 577 g/mol. The van der Waals surface area contributed by atoms with Crippen molar-refractivity contribution in [3.63, 3.8) is 0 Å². The molecular formula is C37H36O6. The Kier molecular flexibility index (Phi) is 6.53. The van der Waals surface area contributed by atoms with Gasteiger partial charge >= 0.3 is 0 Å². The van der Waals surface area contributed by atoms with Gasteiger partial charge in [0.1, 0.15) is 17.1 Å². The molecule has 1 heterocycles. The molecule has 0 bridgehead atoms. The van der Waals surface area contributed by atoms with Crippen LogP contribution in [0.1, 0.15) is 52.3 Å². The van der Waals surface area contributed by atoms with Crippen molar-refractivity contribution < 1.29 is 28.8 Å². The summed E-state index contributed by atoms with van der Waals surface area (Å²) in [6.07, 6.45) is 4.05. The molecule has 0 amide bonds. The van der Waals surface area contributed by atoms with Crippen LogP contribution in [-0.2, 0) is 15.9 Å². The standard InChI is InChI=1S/C37H36O6/c1-36(38)30-9-7-6-8-26(30)33-28-20-31(41-4)32(42-5)21-29(28)35-27(34(33)36)18-19-37(43-35,22-10-14-24(39-2)15-11-22)23-12-16-25(40-3)17-13-23/h6-21,27,33-35,38H,1-5H3. The predicted octanol–water partition coefficient (Wildman–Crippen LogP) is 6.89. The Morgan fingerprint density at radius 2 is 1.23 bits per heavy atom. The fourth-order valence-electron chi connectivity index (χ4n) is 7.73. The van der Waals surface area contributed by atoms with Crippen molar-refractivity contribution in [2.24, 2.45) is 11.8 Å². The van der Waals surface area contributed by atoms with Crippen molar-refractivity contribution in [1.82, 2.24) is 0 Å². The van der Waals surface area contributed by atoms with Gasteiger partial charge in [0, 0.05) is 17.8 Å². The number of rotatable bonds is 6. The van der Waals surface area contributed by atoms with Crippen LogP contribution in [0.5, 0.6) is 23.0 Å². The van der Waals surface area contributed by atoms with Crippen LogP contribution in [0.2, 0.25) is 0 Å². The number of hydrogen-bond donors (Lipinski definition) is 1. The molecule has 0 aromatic heterocycles. The Bertz CT molecular complexity index is 1640. The summed E-state index contributed by atoms with van der Waals surface area (Å²) >= 11 is 0. The minimum atomic E-state index is -1.07. The van der Waals surface area contributed by atoms with Crippen LogP contribution in [-0.4, -0.2) is 33.5 Å². The molecule has 1 N–H and O–H groups in total. The molecule has 43 heavy (non-hydrogen) atoms. The largest absolute Gasteiger partial charge is 0.497 e. The van der Waals surface area contributed by atoms with Crippen LogP contribution in [0.25, 0.3) is 0 Å². The topological polar surface area (TPSA) is 66.4 Å². The molecule has 5 unspecified atom stereocenters. The van der Waals surface area contributed by atoms with E-state index in [2.05, 4.69) is 66.7 Å². The van der Waals surface area contributed by atoms with Crippen LogP contribution < -0.4 is 18.9 Å². The van der Waals surface area contributed by atoms with E-state index in [0.717, 1.165) is 44.9 Å². The Labute approximate surface area is 252 Å². The number of benzene rings is 4. The molecule has 1 aliphatic heterocycles. The van der Waals surface area contributed by atoms with Crippen LogP contribution in [0.4, 0.5) is 0 Å². The molecule has 0 spiro atoms. The summed E-state index contributed by atoms with van der Waals surface area (Å²) in [6.45, 7) is 1.95. The third-order valence-corrected chi connectivity index (χ3v) is 9.75. The van der Waals surface area contributed by atoms with Crippen molar-refractivity contribution in [2.75, 3.05) is 28.4 Å². The Balaban J connectivity index is 1.47. The number of fused-ring (bicyclic) bond motifs is 8. The SMILES string of the molecule is COc1ccc(C2(c3ccc(OC)cc3)C=CC3C(O2)c2cc(OC)c(OC)cc2C2c4ccccc4C(C)(O)C23)cc1. The van der Waals surface area contributed by atoms with E-state index in [4.69, 9.17) is 23.7 Å². The molecule has 220 valence electrons. The molecule has 3 aliphatic rings. The highest BCUT2D eigenvalue weighted by atomic mass is 16.5. The van der Waals surface area contributed by atoms with E-state index in [9.17, 15) is 5.11 Å². The van der Waals surface area contributed by atoms with Gasteiger partial charge in [0.2, 0.25) is 0 Å². The maximum Gasteiger partial charge on any atom is 0.161 e. The van der Waals surface area contributed by atoms with E-state index in [1.54, 1.807) is 28.4 Å². The first-order valence-electron chi connectivity index (χ1n) is 14.6. The second kappa shape index (κ2) is 10.2. The summed E-state index contributed by atoms with van der Waals surface area (Å²) in [4.78, 5) is 0. The lowest BCUT2D eigenvalue weighted by molar-refractivity contribution is -0.122.